The van der Waals surface area contributed by atoms with Crippen LogP contribution < -0.4 is 0 Å². The molecule has 34 heavy (non-hydrogen) atoms. The van der Waals surface area contributed by atoms with Crippen molar-refractivity contribution in [2.75, 3.05) is 0 Å². The highest BCUT2D eigenvalue weighted by molar-refractivity contribution is 5.39. The summed E-state index contributed by atoms with van der Waals surface area (Å²) in [6.07, 6.45) is 19.1. The van der Waals surface area contributed by atoms with Crippen molar-refractivity contribution in [3.05, 3.63) is 150 Å². The van der Waals surface area contributed by atoms with Crippen molar-refractivity contribution in [1.29, 1.82) is 0 Å². The smallest absolute Gasteiger partial charge is 0.0156 e. The molecule has 0 heterocycles. The van der Waals surface area contributed by atoms with E-state index in [1.165, 1.54) is 47.9 Å². The van der Waals surface area contributed by atoms with Crippen molar-refractivity contribution in [1.82, 2.24) is 0 Å². The molecule has 3 aromatic rings. The van der Waals surface area contributed by atoms with Gasteiger partial charge in [0.15, 0.2) is 0 Å². The van der Waals surface area contributed by atoms with Gasteiger partial charge in [-0.3, -0.25) is 0 Å². The molecule has 0 aliphatic heterocycles. The maximum Gasteiger partial charge on any atom is -0.0156 e. The summed E-state index contributed by atoms with van der Waals surface area (Å²) in [5, 5.41) is 0. The van der Waals surface area contributed by atoms with Crippen LogP contribution in [0.1, 0.15) is 73.5 Å². The fourth-order valence-corrected chi connectivity index (χ4v) is 5.11. The van der Waals surface area contributed by atoms with Gasteiger partial charge >= 0.3 is 0 Å². The van der Waals surface area contributed by atoms with E-state index in [0.29, 0.717) is 17.8 Å². The molecular weight excluding hydrogens is 408 g/mol. The Kier molecular flexibility index (Phi) is 9.03. The maximum atomic E-state index is 2.41. The Labute approximate surface area is 206 Å². The van der Waals surface area contributed by atoms with E-state index >= 15 is 0 Å². The molecule has 0 saturated carbocycles. The minimum atomic E-state index is 0.558. The minimum Gasteiger partial charge on any atom is -0.156 e. The molecule has 4 rings (SSSR count). The van der Waals surface area contributed by atoms with E-state index in [9.17, 15) is 0 Å². The van der Waals surface area contributed by atoms with Crippen LogP contribution in [-0.4, -0.2) is 0 Å². The van der Waals surface area contributed by atoms with E-state index in [-0.39, 0.29) is 0 Å². The van der Waals surface area contributed by atoms with Gasteiger partial charge in [-0.1, -0.05) is 111 Å². The van der Waals surface area contributed by atoms with Gasteiger partial charge in [-0.05, 0) is 53.7 Å². The van der Waals surface area contributed by atoms with Crippen molar-refractivity contribution < 1.29 is 0 Å². The summed E-state index contributed by atoms with van der Waals surface area (Å²) in [5.41, 5.74) is 5.71. The lowest BCUT2D eigenvalue weighted by Gasteiger charge is -2.24. The molecule has 0 heteroatoms. The standard InChI is InChI=1S/C34H37/c1-28(30-17-8-3-9-18-30)27-34(32-21-12-5-13-22-32)24-14-23-33(31-19-10-4-11-20-31)26-25-29-15-6-2-7-16-29/h2-13,15-22,25,28,33-34H,14,23-24,26-27H2,1H3/q-1. The van der Waals surface area contributed by atoms with Gasteiger partial charge < -0.3 is 0 Å². The summed E-state index contributed by atoms with van der Waals surface area (Å²) < 4.78 is 0. The summed E-state index contributed by atoms with van der Waals surface area (Å²) >= 11 is 0. The molecule has 0 radical (unpaired) electrons. The van der Waals surface area contributed by atoms with Crippen molar-refractivity contribution in [2.24, 2.45) is 0 Å². The SMILES string of the molecule is CC(CC(CCCC(C/C=C1/C=CC=C[CH-]1)c1ccccc1)c1ccccc1)c1ccccc1. The van der Waals surface area contributed by atoms with Crippen LogP contribution in [0.2, 0.25) is 0 Å². The predicted molar refractivity (Wildman–Crippen MR) is 147 cm³/mol. The average molecular weight is 446 g/mol. The van der Waals surface area contributed by atoms with E-state index in [1.54, 1.807) is 0 Å². The van der Waals surface area contributed by atoms with Crippen molar-refractivity contribution >= 4 is 0 Å². The van der Waals surface area contributed by atoms with Gasteiger partial charge in [0.1, 0.15) is 0 Å². The normalized spacial score (nSPS) is 16.7. The minimum absolute atomic E-state index is 0.558. The van der Waals surface area contributed by atoms with Gasteiger partial charge in [0, 0.05) is 0 Å². The summed E-state index contributed by atoms with van der Waals surface area (Å²) in [4.78, 5) is 0. The monoisotopic (exact) mass is 445 g/mol. The molecular formula is C34H37-. The van der Waals surface area contributed by atoms with Crippen LogP contribution in [0, 0.1) is 6.42 Å². The van der Waals surface area contributed by atoms with Gasteiger partial charge in [-0.2, -0.15) is 11.6 Å². The number of hydrogen-bond acceptors (Lipinski definition) is 0. The molecule has 3 atom stereocenters. The molecule has 0 N–H and O–H groups in total. The Hall–Kier alpha value is -3.25. The Bertz CT molecular complexity index is 1060. The van der Waals surface area contributed by atoms with Gasteiger partial charge in [0.2, 0.25) is 0 Å². The van der Waals surface area contributed by atoms with E-state index in [2.05, 4.69) is 135 Å². The molecule has 174 valence electrons. The first-order valence-corrected chi connectivity index (χ1v) is 12.8. The summed E-state index contributed by atoms with van der Waals surface area (Å²) in [5.74, 6) is 1.71. The second-order valence-electron chi connectivity index (χ2n) is 9.54. The highest BCUT2D eigenvalue weighted by Crippen LogP contribution is 2.35. The summed E-state index contributed by atoms with van der Waals surface area (Å²) in [6.45, 7) is 2.38. The molecule has 1 aliphatic carbocycles. The molecule has 0 aromatic heterocycles. The lowest BCUT2D eigenvalue weighted by molar-refractivity contribution is 0.479. The number of rotatable bonds is 11. The van der Waals surface area contributed by atoms with Crippen molar-refractivity contribution in [2.45, 2.75) is 56.8 Å². The van der Waals surface area contributed by atoms with Crippen LogP contribution in [0.3, 0.4) is 0 Å². The maximum absolute atomic E-state index is 2.41. The third kappa shape index (κ3) is 7.12. The van der Waals surface area contributed by atoms with E-state index in [1.807, 2.05) is 0 Å². The zero-order chi connectivity index (χ0) is 23.4. The van der Waals surface area contributed by atoms with E-state index in [0.717, 1.165) is 6.42 Å². The van der Waals surface area contributed by atoms with Gasteiger partial charge in [0.25, 0.3) is 0 Å². The number of allylic oxidation sites excluding steroid dienone is 6. The Morgan fingerprint density at radius 2 is 1.24 bits per heavy atom. The molecule has 3 aromatic carbocycles. The van der Waals surface area contributed by atoms with Crippen LogP contribution in [0.15, 0.2) is 127 Å². The van der Waals surface area contributed by atoms with Crippen LogP contribution in [0.25, 0.3) is 0 Å². The molecule has 0 nitrogen and oxygen atoms in total. The lowest BCUT2D eigenvalue weighted by atomic mass is 9.81. The second-order valence-corrected chi connectivity index (χ2v) is 9.54. The van der Waals surface area contributed by atoms with Gasteiger partial charge in [-0.15, -0.1) is 30.7 Å². The molecule has 0 fully saturated rings. The zero-order valence-electron chi connectivity index (χ0n) is 20.4. The Balaban J connectivity index is 1.43. The quantitative estimate of drug-likeness (QED) is 0.258. The summed E-state index contributed by atoms with van der Waals surface area (Å²) in [7, 11) is 0. The molecule has 1 aliphatic rings. The van der Waals surface area contributed by atoms with Crippen LogP contribution in [0.5, 0.6) is 0 Å². The molecule has 0 spiro atoms. The predicted octanol–water partition coefficient (Wildman–Crippen LogP) is 9.56. The van der Waals surface area contributed by atoms with Gasteiger partial charge in [-0.25, -0.2) is 0 Å². The zero-order valence-corrected chi connectivity index (χ0v) is 20.4. The molecule has 3 unspecified atom stereocenters. The largest absolute Gasteiger partial charge is 0.156 e. The van der Waals surface area contributed by atoms with Crippen molar-refractivity contribution in [3.8, 4) is 0 Å². The highest BCUT2D eigenvalue weighted by Gasteiger charge is 2.18. The first kappa shape index (κ1) is 23.9. The van der Waals surface area contributed by atoms with Crippen LogP contribution in [-0.2, 0) is 0 Å². The Morgan fingerprint density at radius 3 is 1.82 bits per heavy atom. The fourth-order valence-electron chi connectivity index (χ4n) is 5.11. The molecule has 0 saturated heterocycles. The lowest BCUT2D eigenvalue weighted by Crippen LogP contribution is -2.06. The summed E-state index contributed by atoms with van der Waals surface area (Å²) in [6, 6.07) is 33.2. The number of hydrogen-bond donors (Lipinski definition) is 0. The average Bonchev–Trinajstić information content (AvgIpc) is 2.92. The first-order chi connectivity index (χ1) is 16.8. The molecule has 0 bridgehead atoms. The first-order valence-electron chi connectivity index (χ1n) is 12.8. The third-order valence-corrected chi connectivity index (χ3v) is 7.09. The Morgan fingerprint density at radius 1 is 0.676 bits per heavy atom. The van der Waals surface area contributed by atoms with E-state index in [4.69, 9.17) is 0 Å². The number of benzene rings is 3. The van der Waals surface area contributed by atoms with E-state index < -0.39 is 0 Å². The highest BCUT2D eigenvalue weighted by atomic mass is 14.2. The second kappa shape index (κ2) is 12.8. The van der Waals surface area contributed by atoms with Crippen LogP contribution in [0.4, 0.5) is 0 Å². The van der Waals surface area contributed by atoms with Crippen molar-refractivity contribution in [3.63, 3.8) is 0 Å². The topological polar surface area (TPSA) is 0 Å². The third-order valence-electron chi connectivity index (χ3n) is 7.09. The molecule has 0 amide bonds. The fraction of sp³-hybridized carbons (Fsp3) is 0.265. The van der Waals surface area contributed by atoms with Gasteiger partial charge in [0.05, 0.1) is 0 Å². The van der Waals surface area contributed by atoms with Crippen LogP contribution >= 0.6 is 0 Å².